The first-order valence-electron chi connectivity index (χ1n) is 10.1. The van der Waals surface area contributed by atoms with Gasteiger partial charge in [0.2, 0.25) is 10.0 Å². The highest BCUT2D eigenvalue weighted by atomic mass is 32.2. The second kappa shape index (κ2) is 8.07. The first-order chi connectivity index (χ1) is 14.7. The van der Waals surface area contributed by atoms with Crippen LogP contribution in [0.1, 0.15) is 23.6 Å². The quantitative estimate of drug-likeness (QED) is 0.713. The van der Waals surface area contributed by atoms with E-state index in [1.165, 1.54) is 16.4 Å². The average molecular weight is 444 g/mol. The van der Waals surface area contributed by atoms with E-state index in [4.69, 9.17) is 4.74 Å². The number of rotatable bonds is 5. The normalized spacial score (nSPS) is 22.6. The summed E-state index contributed by atoms with van der Waals surface area (Å²) >= 11 is 0. The van der Waals surface area contributed by atoms with Crippen LogP contribution < -0.4 is 5.32 Å². The van der Waals surface area contributed by atoms with Crippen LogP contribution in [0.25, 0.3) is 0 Å². The summed E-state index contributed by atoms with van der Waals surface area (Å²) in [5, 5.41) is 2.78. The smallest absolute Gasteiger partial charge is 0.325 e. The molecule has 4 rings (SSSR count). The highest BCUT2D eigenvalue weighted by Gasteiger charge is 2.48. The number of hydrogen-bond donors (Lipinski definition) is 1. The van der Waals surface area contributed by atoms with Crippen molar-refractivity contribution in [1.29, 1.82) is 0 Å². The van der Waals surface area contributed by atoms with Crippen molar-refractivity contribution in [2.45, 2.75) is 30.8 Å². The molecule has 9 heteroatoms. The number of benzene rings is 2. The Hall–Kier alpha value is -2.75. The highest BCUT2D eigenvalue weighted by Crippen LogP contribution is 2.30. The third-order valence-electron chi connectivity index (χ3n) is 5.75. The summed E-state index contributed by atoms with van der Waals surface area (Å²) in [6, 6.07) is 13.3. The van der Waals surface area contributed by atoms with Crippen LogP contribution in [0.5, 0.6) is 0 Å². The lowest BCUT2D eigenvalue weighted by Gasteiger charge is -2.26. The van der Waals surface area contributed by atoms with Crippen LogP contribution in [0.3, 0.4) is 0 Å². The minimum absolute atomic E-state index is 0.0153. The molecule has 0 aliphatic carbocycles. The number of sulfonamides is 1. The second-order valence-electron chi connectivity index (χ2n) is 7.98. The number of morpholine rings is 1. The predicted octanol–water partition coefficient (Wildman–Crippen LogP) is 1.98. The van der Waals surface area contributed by atoms with Crippen LogP contribution in [-0.4, -0.2) is 55.9 Å². The van der Waals surface area contributed by atoms with Gasteiger partial charge >= 0.3 is 6.03 Å². The lowest BCUT2D eigenvalue weighted by atomic mass is 9.91. The van der Waals surface area contributed by atoms with Gasteiger partial charge in [0, 0.05) is 13.1 Å². The van der Waals surface area contributed by atoms with Crippen molar-refractivity contribution in [3.63, 3.8) is 0 Å². The minimum Gasteiger partial charge on any atom is -0.379 e. The molecule has 164 valence electrons. The number of amides is 3. The Balaban J connectivity index is 1.57. The first kappa shape index (κ1) is 21.5. The Bertz CT molecular complexity index is 1110. The number of imide groups is 1. The largest absolute Gasteiger partial charge is 0.379 e. The molecule has 2 fully saturated rings. The molecule has 1 N–H and O–H groups in total. The topological polar surface area (TPSA) is 96.0 Å². The van der Waals surface area contributed by atoms with E-state index in [9.17, 15) is 18.0 Å². The van der Waals surface area contributed by atoms with Crippen LogP contribution in [-0.2, 0) is 31.6 Å². The minimum atomic E-state index is -3.67. The maximum atomic E-state index is 13.2. The molecule has 2 aromatic carbocycles. The Morgan fingerprint density at radius 2 is 1.74 bits per heavy atom. The summed E-state index contributed by atoms with van der Waals surface area (Å²) in [4.78, 5) is 27.1. The van der Waals surface area contributed by atoms with Gasteiger partial charge in [-0.25, -0.2) is 13.2 Å². The fourth-order valence-corrected chi connectivity index (χ4v) is 5.32. The molecule has 2 heterocycles. The molecule has 0 bridgehead atoms. The van der Waals surface area contributed by atoms with Crippen LogP contribution in [0, 0.1) is 6.92 Å². The zero-order valence-electron chi connectivity index (χ0n) is 17.5. The van der Waals surface area contributed by atoms with Crippen LogP contribution >= 0.6 is 0 Å². The van der Waals surface area contributed by atoms with Crippen molar-refractivity contribution in [2.75, 3.05) is 26.3 Å². The van der Waals surface area contributed by atoms with Crippen molar-refractivity contribution in [3.05, 3.63) is 65.2 Å². The number of nitrogens with one attached hydrogen (secondary N) is 1. The highest BCUT2D eigenvalue weighted by molar-refractivity contribution is 7.89. The summed E-state index contributed by atoms with van der Waals surface area (Å²) in [6.07, 6.45) is 0. The van der Waals surface area contributed by atoms with Crippen LogP contribution in [0.4, 0.5) is 4.79 Å². The Kier molecular flexibility index (Phi) is 5.59. The van der Waals surface area contributed by atoms with E-state index in [2.05, 4.69) is 5.32 Å². The SMILES string of the molecule is Cc1ccc(C2(C)NC(=O)N(Cc3cccc(S(=O)(=O)N4CCOCC4)c3)C2=O)cc1. The summed E-state index contributed by atoms with van der Waals surface area (Å²) in [5.74, 6) is -0.372. The molecule has 8 nitrogen and oxygen atoms in total. The molecule has 0 spiro atoms. The van der Waals surface area contributed by atoms with Crippen molar-refractivity contribution in [1.82, 2.24) is 14.5 Å². The van der Waals surface area contributed by atoms with Crippen LogP contribution in [0.15, 0.2) is 53.4 Å². The second-order valence-corrected chi connectivity index (χ2v) is 9.91. The Morgan fingerprint density at radius 1 is 1.06 bits per heavy atom. The van der Waals surface area contributed by atoms with Gasteiger partial charge in [0.25, 0.3) is 5.91 Å². The van der Waals surface area contributed by atoms with Gasteiger partial charge in [-0.05, 0) is 37.1 Å². The number of aryl methyl sites for hydroxylation is 1. The van der Waals surface area contributed by atoms with Crippen molar-refractivity contribution >= 4 is 22.0 Å². The van der Waals surface area contributed by atoms with E-state index < -0.39 is 21.6 Å². The standard InChI is InChI=1S/C22H25N3O5S/c1-16-6-8-18(9-7-16)22(2)20(26)25(21(27)23-22)15-17-4-3-5-19(14-17)31(28,29)24-10-12-30-13-11-24/h3-9,14H,10-13,15H2,1-2H3,(H,23,27). The van der Waals surface area contributed by atoms with E-state index in [1.54, 1.807) is 19.1 Å². The molecule has 2 aliphatic rings. The van der Waals surface area contributed by atoms with Gasteiger partial charge < -0.3 is 10.1 Å². The van der Waals surface area contributed by atoms with Gasteiger partial charge in [-0.2, -0.15) is 4.31 Å². The Labute approximate surface area is 181 Å². The van der Waals surface area contributed by atoms with Crippen molar-refractivity contribution in [2.24, 2.45) is 0 Å². The molecule has 0 aromatic heterocycles. The van der Waals surface area contributed by atoms with Gasteiger partial charge in [-0.3, -0.25) is 9.69 Å². The lowest BCUT2D eigenvalue weighted by Crippen LogP contribution is -2.41. The number of carbonyl (C=O) groups excluding carboxylic acids is 2. The maximum Gasteiger partial charge on any atom is 0.325 e. The zero-order chi connectivity index (χ0) is 22.2. The van der Waals surface area contributed by atoms with E-state index in [0.29, 0.717) is 37.4 Å². The van der Waals surface area contributed by atoms with Gasteiger partial charge in [-0.15, -0.1) is 0 Å². The summed E-state index contributed by atoms with van der Waals surface area (Å²) in [5.41, 5.74) is 1.15. The fourth-order valence-electron chi connectivity index (χ4n) is 3.85. The third kappa shape index (κ3) is 3.96. The molecule has 2 aliphatic heterocycles. The number of carbonyl (C=O) groups is 2. The fraction of sp³-hybridized carbons (Fsp3) is 0.364. The van der Waals surface area contributed by atoms with Gasteiger partial charge in [-0.1, -0.05) is 42.0 Å². The van der Waals surface area contributed by atoms with Crippen molar-refractivity contribution < 1.29 is 22.7 Å². The molecular weight excluding hydrogens is 418 g/mol. The maximum absolute atomic E-state index is 13.2. The van der Waals surface area contributed by atoms with E-state index in [1.807, 2.05) is 31.2 Å². The molecule has 0 radical (unpaired) electrons. The van der Waals surface area contributed by atoms with Gasteiger partial charge in [0.1, 0.15) is 5.54 Å². The van der Waals surface area contributed by atoms with Crippen LogP contribution in [0.2, 0.25) is 0 Å². The molecule has 31 heavy (non-hydrogen) atoms. The molecule has 0 saturated carbocycles. The Morgan fingerprint density at radius 3 is 2.42 bits per heavy atom. The molecule has 1 atom stereocenters. The first-order valence-corrected chi connectivity index (χ1v) is 11.5. The van der Waals surface area contributed by atoms with E-state index in [0.717, 1.165) is 10.5 Å². The average Bonchev–Trinajstić information content (AvgIpc) is 2.99. The molecule has 1 unspecified atom stereocenters. The monoisotopic (exact) mass is 443 g/mol. The van der Waals surface area contributed by atoms with Gasteiger partial charge in [0.15, 0.2) is 0 Å². The number of hydrogen-bond acceptors (Lipinski definition) is 5. The van der Waals surface area contributed by atoms with Crippen molar-refractivity contribution in [3.8, 4) is 0 Å². The molecule has 2 aromatic rings. The van der Waals surface area contributed by atoms with E-state index >= 15 is 0 Å². The molecule has 2 saturated heterocycles. The summed E-state index contributed by atoms with van der Waals surface area (Å²) in [6.45, 7) is 4.93. The predicted molar refractivity (Wildman–Crippen MR) is 114 cm³/mol. The number of urea groups is 1. The molecule has 3 amide bonds. The third-order valence-corrected chi connectivity index (χ3v) is 7.65. The number of nitrogens with zero attached hydrogens (tertiary/aromatic N) is 2. The number of ether oxygens (including phenoxy) is 1. The summed E-state index contributed by atoms with van der Waals surface area (Å²) in [7, 11) is -3.67. The van der Waals surface area contributed by atoms with Gasteiger partial charge in [0.05, 0.1) is 24.7 Å². The zero-order valence-corrected chi connectivity index (χ0v) is 18.3. The van der Waals surface area contributed by atoms with E-state index in [-0.39, 0.29) is 17.3 Å². The molecular formula is C22H25N3O5S. The lowest BCUT2D eigenvalue weighted by molar-refractivity contribution is -0.131. The summed E-state index contributed by atoms with van der Waals surface area (Å²) < 4.78 is 32.5.